The zero-order valence-electron chi connectivity index (χ0n) is 13.2. The van der Waals surface area contributed by atoms with E-state index in [1.165, 1.54) is 0 Å². The van der Waals surface area contributed by atoms with Crippen molar-refractivity contribution in [2.24, 2.45) is 0 Å². The lowest BCUT2D eigenvalue weighted by atomic mass is 9.99. The molecule has 1 amide bonds. The Hall–Kier alpha value is -2.09. The number of hydrogen-bond acceptors (Lipinski definition) is 6. The molecular weight excluding hydrogens is 324 g/mol. The van der Waals surface area contributed by atoms with Crippen molar-refractivity contribution >= 4 is 29.5 Å². The van der Waals surface area contributed by atoms with Crippen molar-refractivity contribution in [3.05, 3.63) is 17.3 Å². The Morgan fingerprint density at radius 2 is 2.09 bits per heavy atom. The SMILES string of the molecule is CC(C)(C)OC(=O)NC1(C(=O)O)CCN(c2ccc(Cl)nn2)C1. The second-order valence-electron chi connectivity index (χ2n) is 6.40. The average molecular weight is 343 g/mol. The summed E-state index contributed by atoms with van der Waals surface area (Å²) in [5.41, 5.74) is -2.13. The van der Waals surface area contributed by atoms with E-state index >= 15 is 0 Å². The molecule has 8 nitrogen and oxygen atoms in total. The van der Waals surface area contributed by atoms with Crippen molar-refractivity contribution in [3.8, 4) is 0 Å². The van der Waals surface area contributed by atoms with Crippen LogP contribution < -0.4 is 10.2 Å². The number of aliphatic carboxylic acids is 1. The minimum Gasteiger partial charge on any atom is -0.479 e. The minimum absolute atomic E-state index is 0.0673. The number of nitrogens with zero attached hydrogens (tertiary/aromatic N) is 3. The van der Waals surface area contributed by atoms with Gasteiger partial charge in [0.15, 0.2) is 16.5 Å². The molecule has 9 heteroatoms. The molecule has 1 aliphatic heterocycles. The smallest absolute Gasteiger partial charge is 0.408 e. The summed E-state index contributed by atoms with van der Waals surface area (Å²) in [5, 5.41) is 20.0. The van der Waals surface area contributed by atoms with Crippen LogP contribution >= 0.6 is 11.6 Å². The number of rotatable bonds is 3. The summed E-state index contributed by atoms with van der Waals surface area (Å²) in [6.45, 7) is 5.62. The van der Waals surface area contributed by atoms with E-state index < -0.39 is 23.2 Å². The van der Waals surface area contributed by atoms with Gasteiger partial charge >= 0.3 is 12.1 Å². The van der Waals surface area contributed by atoms with Crippen LogP contribution in [-0.4, -0.2) is 51.6 Å². The topological polar surface area (TPSA) is 105 Å². The van der Waals surface area contributed by atoms with Gasteiger partial charge in [-0.2, -0.15) is 0 Å². The third-order valence-electron chi connectivity index (χ3n) is 3.36. The van der Waals surface area contributed by atoms with Gasteiger partial charge in [0.1, 0.15) is 5.60 Å². The van der Waals surface area contributed by atoms with Gasteiger partial charge in [0.25, 0.3) is 0 Å². The molecule has 0 spiro atoms. The number of alkyl carbamates (subject to hydrolysis) is 1. The summed E-state index contributed by atoms with van der Waals surface area (Å²) in [5.74, 6) is -0.615. The van der Waals surface area contributed by atoms with Gasteiger partial charge in [-0.25, -0.2) is 9.59 Å². The van der Waals surface area contributed by atoms with Gasteiger partial charge in [-0.15, -0.1) is 10.2 Å². The van der Waals surface area contributed by atoms with Gasteiger partial charge in [0.2, 0.25) is 0 Å². The molecule has 1 saturated heterocycles. The molecular formula is C14H19ClN4O4. The third kappa shape index (κ3) is 4.22. The second-order valence-corrected chi connectivity index (χ2v) is 6.79. The van der Waals surface area contributed by atoms with E-state index in [4.69, 9.17) is 16.3 Å². The zero-order valence-corrected chi connectivity index (χ0v) is 13.9. The van der Waals surface area contributed by atoms with Crippen molar-refractivity contribution in [2.45, 2.75) is 38.3 Å². The minimum atomic E-state index is -1.43. The fourth-order valence-electron chi connectivity index (χ4n) is 2.31. The van der Waals surface area contributed by atoms with Crippen LogP contribution in [0.5, 0.6) is 0 Å². The highest BCUT2D eigenvalue weighted by Gasteiger charge is 2.47. The van der Waals surface area contributed by atoms with Crippen LogP contribution in [0.3, 0.4) is 0 Å². The number of carbonyl (C=O) groups excluding carboxylic acids is 1. The van der Waals surface area contributed by atoms with Crippen molar-refractivity contribution in [2.75, 3.05) is 18.0 Å². The number of halogens is 1. The number of carbonyl (C=O) groups is 2. The first-order chi connectivity index (χ1) is 10.6. The van der Waals surface area contributed by atoms with Gasteiger partial charge < -0.3 is 20.1 Å². The van der Waals surface area contributed by atoms with Crippen LogP contribution in [0.2, 0.25) is 5.15 Å². The Bertz CT molecular complexity index is 602. The van der Waals surface area contributed by atoms with Crippen LogP contribution in [0.4, 0.5) is 10.6 Å². The number of carboxylic acid groups (broad SMARTS) is 1. The third-order valence-corrected chi connectivity index (χ3v) is 3.56. The van der Waals surface area contributed by atoms with Crippen molar-refractivity contribution in [3.63, 3.8) is 0 Å². The quantitative estimate of drug-likeness (QED) is 0.861. The molecule has 2 heterocycles. The predicted octanol–water partition coefficient (Wildman–Crippen LogP) is 1.69. The lowest BCUT2D eigenvalue weighted by molar-refractivity contribution is -0.143. The maximum Gasteiger partial charge on any atom is 0.408 e. The zero-order chi connectivity index (χ0) is 17.3. The highest BCUT2D eigenvalue weighted by Crippen LogP contribution is 2.26. The Kier molecular flexibility index (Phi) is 4.65. The fraction of sp³-hybridized carbons (Fsp3) is 0.571. The van der Waals surface area contributed by atoms with E-state index in [1.54, 1.807) is 37.8 Å². The molecule has 0 saturated carbocycles. The van der Waals surface area contributed by atoms with Gasteiger partial charge in [0, 0.05) is 13.0 Å². The molecule has 2 N–H and O–H groups in total. The molecule has 0 radical (unpaired) electrons. The number of nitrogens with one attached hydrogen (secondary N) is 1. The molecule has 0 aliphatic carbocycles. The molecule has 2 rings (SSSR count). The number of anilines is 1. The average Bonchev–Trinajstić information content (AvgIpc) is 2.82. The largest absolute Gasteiger partial charge is 0.479 e. The summed E-state index contributed by atoms with van der Waals surface area (Å²) in [4.78, 5) is 25.4. The summed E-state index contributed by atoms with van der Waals surface area (Å²) in [6, 6.07) is 3.23. The van der Waals surface area contributed by atoms with Crippen LogP contribution in [0.1, 0.15) is 27.2 Å². The first kappa shape index (κ1) is 17.3. The van der Waals surface area contributed by atoms with E-state index in [0.29, 0.717) is 12.4 Å². The number of hydrogen-bond donors (Lipinski definition) is 2. The lowest BCUT2D eigenvalue weighted by Crippen LogP contribution is -2.57. The van der Waals surface area contributed by atoms with E-state index in [2.05, 4.69) is 15.5 Å². The van der Waals surface area contributed by atoms with Crippen molar-refractivity contribution in [1.82, 2.24) is 15.5 Å². The Morgan fingerprint density at radius 1 is 1.39 bits per heavy atom. The first-order valence-electron chi connectivity index (χ1n) is 7.10. The molecule has 1 aromatic heterocycles. The maximum absolute atomic E-state index is 12.0. The van der Waals surface area contributed by atoms with Crippen LogP contribution in [0, 0.1) is 0 Å². The summed E-state index contributed by atoms with van der Waals surface area (Å²) >= 11 is 5.70. The maximum atomic E-state index is 12.0. The van der Waals surface area contributed by atoms with Crippen LogP contribution in [0.15, 0.2) is 12.1 Å². The molecule has 126 valence electrons. The molecule has 1 unspecified atom stereocenters. The van der Waals surface area contributed by atoms with Gasteiger partial charge in [-0.3, -0.25) is 0 Å². The van der Waals surface area contributed by atoms with Crippen molar-refractivity contribution < 1.29 is 19.4 Å². The molecule has 1 fully saturated rings. The summed E-state index contributed by atoms with van der Waals surface area (Å²) in [7, 11) is 0. The lowest BCUT2D eigenvalue weighted by Gasteiger charge is -2.28. The molecule has 0 aromatic carbocycles. The highest BCUT2D eigenvalue weighted by atomic mass is 35.5. The molecule has 23 heavy (non-hydrogen) atoms. The first-order valence-corrected chi connectivity index (χ1v) is 7.48. The molecule has 1 aromatic rings. The predicted molar refractivity (Wildman–Crippen MR) is 83.6 cm³/mol. The van der Waals surface area contributed by atoms with E-state index in [-0.39, 0.29) is 18.1 Å². The summed E-state index contributed by atoms with van der Waals surface area (Å²) < 4.78 is 5.15. The van der Waals surface area contributed by atoms with E-state index in [9.17, 15) is 14.7 Å². The number of carboxylic acids is 1. The van der Waals surface area contributed by atoms with Crippen molar-refractivity contribution in [1.29, 1.82) is 0 Å². The van der Waals surface area contributed by atoms with Gasteiger partial charge in [-0.05, 0) is 32.9 Å². The normalized spacial score (nSPS) is 21.1. The van der Waals surface area contributed by atoms with Gasteiger partial charge in [0.05, 0.1) is 6.54 Å². The van der Waals surface area contributed by atoms with Crippen LogP contribution in [-0.2, 0) is 9.53 Å². The highest BCUT2D eigenvalue weighted by molar-refractivity contribution is 6.29. The standard InChI is InChI=1S/C14H19ClN4O4/c1-13(2,3)23-12(22)16-14(11(20)21)6-7-19(8-14)10-5-4-9(15)17-18-10/h4-5H,6-8H2,1-3H3,(H,16,22)(H,20,21). The van der Waals surface area contributed by atoms with Crippen LogP contribution in [0.25, 0.3) is 0 Å². The second kappa shape index (κ2) is 6.19. The summed E-state index contributed by atoms with van der Waals surface area (Å²) in [6.07, 6.45) is -0.532. The molecule has 1 aliphatic rings. The Balaban J connectivity index is 2.12. The number of aromatic nitrogens is 2. The Labute approximate surface area is 138 Å². The molecule has 0 bridgehead atoms. The molecule has 1 atom stereocenters. The van der Waals surface area contributed by atoms with E-state index in [0.717, 1.165) is 0 Å². The fourth-order valence-corrected chi connectivity index (χ4v) is 2.41. The monoisotopic (exact) mass is 342 g/mol. The Morgan fingerprint density at radius 3 is 2.61 bits per heavy atom. The van der Waals surface area contributed by atoms with Gasteiger partial charge in [-0.1, -0.05) is 11.6 Å². The van der Waals surface area contributed by atoms with E-state index in [1.807, 2.05) is 0 Å². The number of ether oxygens (including phenoxy) is 1. The number of amides is 1.